The number of benzene rings is 1. The number of nitrogens with zero attached hydrogens (tertiary/aromatic N) is 2. The van der Waals surface area contributed by atoms with Crippen LogP contribution >= 0.6 is 11.6 Å². The van der Waals surface area contributed by atoms with E-state index in [2.05, 4.69) is 10.2 Å². The van der Waals surface area contributed by atoms with Gasteiger partial charge in [0, 0.05) is 25.3 Å². The lowest BCUT2D eigenvalue weighted by atomic mass is 10.2. The van der Waals surface area contributed by atoms with Crippen LogP contribution in [-0.4, -0.2) is 60.1 Å². The van der Waals surface area contributed by atoms with Crippen LogP contribution in [0.5, 0.6) is 0 Å². The van der Waals surface area contributed by atoms with Gasteiger partial charge in [-0.15, -0.1) is 0 Å². The number of rotatable bonds is 2. The molecule has 0 aromatic heterocycles. The molecule has 2 N–H and O–H groups in total. The van der Waals surface area contributed by atoms with Gasteiger partial charge in [0.1, 0.15) is 0 Å². The van der Waals surface area contributed by atoms with Gasteiger partial charge in [0.05, 0.1) is 10.6 Å². The Morgan fingerprint density at radius 3 is 2.71 bits per heavy atom. The minimum Gasteiger partial charge on any atom is -0.478 e. The fourth-order valence-corrected chi connectivity index (χ4v) is 2.42. The summed E-state index contributed by atoms with van der Waals surface area (Å²) in [5.74, 6) is -1.12. The van der Waals surface area contributed by atoms with Crippen LogP contribution in [0.15, 0.2) is 18.2 Å². The van der Waals surface area contributed by atoms with Gasteiger partial charge in [0.15, 0.2) is 0 Å². The first kappa shape index (κ1) is 15.6. The molecule has 2 amide bonds. The van der Waals surface area contributed by atoms with Crippen LogP contribution < -0.4 is 5.32 Å². The molecule has 1 aromatic rings. The Kier molecular flexibility index (Phi) is 5.03. The Bertz CT molecular complexity index is 550. The first-order valence-electron chi connectivity index (χ1n) is 6.74. The average Bonchev–Trinajstić information content (AvgIpc) is 2.65. The molecule has 0 spiro atoms. The number of halogens is 1. The molecule has 0 radical (unpaired) electrons. The van der Waals surface area contributed by atoms with Crippen molar-refractivity contribution in [3.8, 4) is 0 Å². The number of aromatic carboxylic acids is 1. The van der Waals surface area contributed by atoms with Crippen molar-refractivity contribution in [1.29, 1.82) is 0 Å². The third kappa shape index (κ3) is 4.09. The number of urea groups is 1. The molecule has 1 saturated heterocycles. The summed E-state index contributed by atoms with van der Waals surface area (Å²) in [4.78, 5) is 27.2. The zero-order chi connectivity index (χ0) is 15.4. The van der Waals surface area contributed by atoms with E-state index in [0.717, 1.165) is 19.5 Å². The highest BCUT2D eigenvalue weighted by Gasteiger charge is 2.18. The van der Waals surface area contributed by atoms with Crippen molar-refractivity contribution in [3.63, 3.8) is 0 Å². The third-order valence-electron chi connectivity index (χ3n) is 3.45. The molecular formula is C14H18ClN3O3. The molecule has 6 nitrogen and oxygen atoms in total. The van der Waals surface area contributed by atoms with E-state index in [0.29, 0.717) is 18.8 Å². The van der Waals surface area contributed by atoms with Crippen molar-refractivity contribution in [3.05, 3.63) is 28.8 Å². The van der Waals surface area contributed by atoms with Gasteiger partial charge >= 0.3 is 12.0 Å². The number of anilines is 1. The van der Waals surface area contributed by atoms with Crippen molar-refractivity contribution >= 4 is 29.3 Å². The second kappa shape index (κ2) is 6.78. The fourth-order valence-electron chi connectivity index (χ4n) is 2.22. The number of carboxylic acid groups (broad SMARTS) is 1. The first-order chi connectivity index (χ1) is 9.97. The molecule has 1 fully saturated rings. The summed E-state index contributed by atoms with van der Waals surface area (Å²) in [6.07, 6.45) is 0.922. The number of hydrogen-bond donors (Lipinski definition) is 2. The highest BCUT2D eigenvalue weighted by atomic mass is 35.5. The van der Waals surface area contributed by atoms with Gasteiger partial charge in [-0.1, -0.05) is 11.6 Å². The molecule has 0 atom stereocenters. The minimum absolute atomic E-state index is 0.0231. The monoisotopic (exact) mass is 311 g/mol. The van der Waals surface area contributed by atoms with Crippen LogP contribution in [0.25, 0.3) is 0 Å². The van der Waals surface area contributed by atoms with Gasteiger partial charge in [-0.25, -0.2) is 9.59 Å². The molecule has 1 aliphatic heterocycles. The van der Waals surface area contributed by atoms with Crippen molar-refractivity contribution in [2.45, 2.75) is 6.42 Å². The Balaban J connectivity index is 2.05. The predicted molar refractivity (Wildman–Crippen MR) is 81.1 cm³/mol. The van der Waals surface area contributed by atoms with E-state index in [1.54, 1.807) is 11.0 Å². The molecule has 0 bridgehead atoms. The number of nitrogens with one attached hydrogen (secondary N) is 1. The second-order valence-electron chi connectivity index (χ2n) is 5.07. The van der Waals surface area contributed by atoms with E-state index < -0.39 is 5.97 Å². The van der Waals surface area contributed by atoms with Crippen molar-refractivity contribution < 1.29 is 14.7 Å². The number of amides is 2. The Hall–Kier alpha value is -1.79. The summed E-state index contributed by atoms with van der Waals surface area (Å²) in [6.45, 7) is 3.14. The SMILES string of the molecule is CN1CCCN(C(=O)Nc2ccc(Cl)c(C(=O)O)c2)CC1. The molecule has 1 heterocycles. The Morgan fingerprint density at radius 1 is 1.24 bits per heavy atom. The lowest BCUT2D eigenvalue weighted by Gasteiger charge is -2.21. The van der Waals surface area contributed by atoms with Crippen molar-refractivity contribution in [2.24, 2.45) is 0 Å². The topological polar surface area (TPSA) is 72.9 Å². The highest BCUT2D eigenvalue weighted by Crippen LogP contribution is 2.21. The van der Waals surface area contributed by atoms with E-state index >= 15 is 0 Å². The van der Waals surface area contributed by atoms with Crippen LogP contribution in [0.1, 0.15) is 16.8 Å². The predicted octanol–water partition coefficient (Wildman–Crippen LogP) is 2.21. The molecule has 1 aliphatic rings. The Labute approximate surface area is 128 Å². The average molecular weight is 312 g/mol. The quantitative estimate of drug-likeness (QED) is 0.878. The van der Waals surface area contributed by atoms with Crippen molar-refractivity contribution in [1.82, 2.24) is 9.80 Å². The van der Waals surface area contributed by atoms with Gasteiger partial charge in [-0.2, -0.15) is 0 Å². The number of likely N-dealkylation sites (N-methyl/N-ethyl adjacent to an activating group) is 1. The molecule has 0 unspecified atom stereocenters. The lowest BCUT2D eigenvalue weighted by Crippen LogP contribution is -2.37. The molecular weight excluding hydrogens is 294 g/mol. The zero-order valence-electron chi connectivity index (χ0n) is 11.8. The number of hydrogen-bond acceptors (Lipinski definition) is 3. The summed E-state index contributed by atoms with van der Waals surface area (Å²) >= 11 is 5.80. The van der Waals surface area contributed by atoms with Crippen LogP contribution in [0.4, 0.5) is 10.5 Å². The Morgan fingerprint density at radius 2 is 2.00 bits per heavy atom. The normalized spacial score (nSPS) is 16.4. The molecule has 114 valence electrons. The van der Waals surface area contributed by atoms with Crippen LogP contribution in [0.3, 0.4) is 0 Å². The van der Waals surface area contributed by atoms with Gasteiger partial charge in [-0.05, 0) is 38.2 Å². The first-order valence-corrected chi connectivity index (χ1v) is 7.12. The molecule has 21 heavy (non-hydrogen) atoms. The highest BCUT2D eigenvalue weighted by molar-refractivity contribution is 6.33. The van der Waals surface area contributed by atoms with Crippen molar-refractivity contribution in [2.75, 3.05) is 38.5 Å². The standard InChI is InChI=1S/C14H18ClN3O3/c1-17-5-2-6-18(8-7-17)14(21)16-10-3-4-12(15)11(9-10)13(19)20/h3-4,9H,2,5-8H2,1H3,(H,16,21)(H,19,20). The van der Waals surface area contributed by atoms with E-state index in [1.165, 1.54) is 12.1 Å². The lowest BCUT2D eigenvalue weighted by molar-refractivity contribution is 0.0697. The number of carbonyl (C=O) groups is 2. The summed E-state index contributed by atoms with van der Waals surface area (Å²) in [5.41, 5.74) is 0.407. The van der Waals surface area contributed by atoms with Crippen LogP contribution in [0, 0.1) is 0 Å². The van der Waals surface area contributed by atoms with Crippen LogP contribution in [0.2, 0.25) is 5.02 Å². The zero-order valence-corrected chi connectivity index (χ0v) is 12.6. The molecule has 7 heteroatoms. The van der Waals surface area contributed by atoms with Gasteiger partial charge < -0.3 is 20.2 Å². The molecule has 0 saturated carbocycles. The number of carbonyl (C=O) groups excluding carboxylic acids is 1. The molecule has 0 aliphatic carbocycles. The molecule has 1 aromatic carbocycles. The van der Waals surface area contributed by atoms with Crippen LogP contribution in [-0.2, 0) is 0 Å². The third-order valence-corrected chi connectivity index (χ3v) is 3.78. The summed E-state index contributed by atoms with van der Waals surface area (Å²) in [6, 6.07) is 4.21. The number of carboxylic acids is 1. The maximum atomic E-state index is 12.2. The summed E-state index contributed by atoms with van der Waals surface area (Å²) < 4.78 is 0. The minimum atomic E-state index is -1.12. The second-order valence-corrected chi connectivity index (χ2v) is 5.48. The molecule has 2 rings (SSSR count). The van der Waals surface area contributed by atoms with Gasteiger partial charge in [0.2, 0.25) is 0 Å². The summed E-state index contributed by atoms with van der Waals surface area (Å²) in [5, 5.41) is 11.9. The van der Waals surface area contributed by atoms with Gasteiger partial charge in [0.25, 0.3) is 0 Å². The van der Waals surface area contributed by atoms with E-state index in [9.17, 15) is 9.59 Å². The van der Waals surface area contributed by atoms with Gasteiger partial charge in [-0.3, -0.25) is 0 Å². The van der Waals surface area contributed by atoms with E-state index in [4.69, 9.17) is 16.7 Å². The smallest absolute Gasteiger partial charge is 0.337 e. The largest absolute Gasteiger partial charge is 0.478 e. The maximum absolute atomic E-state index is 12.2. The van der Waals surface area contributed by atoms with E-state index in [1.807, 2.05) is 7.05 Å². The summed E-state index contributed by atoms with van der Waals surface area (Å²) in [7, 11) is 2.03. The maximum Gasteiger partial charge on any atom is 0.337 e. The fraction of sp³-hybridized carbons (Fsp3) is 0.429. The van der Waals surface area contributed by atoms with E-state index in [-0.39, 0.29) is 16.6 Å².